The second-order valence-corrected chi connectivity index (χ2v) is 5.58. The molecule has 1 aliphatic rings. The van der Waals surface area contributed by atoms with Crippen LogP contribution in [0.1, 0.15) is 28.3 Å². The Labute approximate surface area is 134 Å². The lowest BCUT2D eigenvalue weighted by atomic mass is 10.1. The Morgan fingerprint density at radius 1 is 1.30 bits per heavy atom. The van der Waals surface area contributed by atoms with Crippen LogP contribution in [0.4, 0.5) is 10.2 Å². The SMILES string of the molecule is C=CCNC(=O)c1ccc(N[C@@H]2C[C@H]2c2ccc(F)cc2)nc1. The molecule has 1 fully saturated rings. The van der Waals surface area contributed by atoms with Gasteiger partial charge in [-0.3, -0.25) is 4.79 Å². The van der Waals surface area contributed by atoms with Crippen molar-refractivity contribution in [2.45, 2.75) is 18.4 Å². The van der Waals surface area contributed by atoms with Gasteiger partial charge in [0.05, 0.1) is 5.56 Å². The van der Waals surface area contributed by atoms with E-state index < -0.39 is 0 Å². The van der Waals surface area contributed by atoms with Crippen LogP contribution in [0.5, 0.6) is 0 Å². The number of aromatic nitrogens is 1. The van der Waals surface area contributed by atoms with Crippen molar-refractivity contribution in [1.82, 2.24) is 10.3 Å². The smallest absolute Gasteiger partial charge is 0.253 e. The van der Waals surface area contributed by atoms with Gasteiger partial charge >= 0.3 is 0 Å². The van der Waals surface area contributed by atoms with Gasteiger partial charge < -0.3 is 10.6 Å². The first-order chi connectivity index (χ1) is 11.2. The van der Waals surface area contributed by atoms with Crippen LogP contribution in [0.3, 0.4) is 0 Å². The topological polar surface area (TPSA) is 54.0 Å². The summed E-state index contributed by atoms with van der Waals surface area (Å²) in [5.74, 6) is 0.735. The molecule has 2 N–H and O–H groups in total. The summed E-state index contributed by atoms with van der Waals surface area (Å²) in [5.41, 5.74) is 1.65. The fraction of sp³-hybridized carbons (Fsp3) is 0.222. The molecule has 23 heavy (non-hydrogen) atoms. The molecule has 0 saturated heterocycles. The van der Waals surface area contributed by atoms with E-state index in [1.165, 1.54) is 12.1 Å². The zero-order chi connectivity index (χ0) is 16.2. The highest BCUT2D eigenvalue weighted by Crippen LogP contribution is 2.42. The van der Waals surface area contributed by atoms with Crippen molar-refractivity contribution >= 4 is 11.7 Å². The monoisotopic (exact) mass is 311 g/mol. The molecule has 0 spiro atoms. The van der Waals surface area contributed by atoms with Crippen molar-refractivity contribution in [3.05, 3.63) is 72.2 Å². The van der Waals surface area contributed by atoms with E-state index >= 15 is 0 Å². The average Bonchev–Trinajstić information content (AvgIpc) is 3.33. The summed E-state index contributed by atoms with van der Waals surface area (Å²) >= 11 is 0. The van der Waals surface area contributed by atoms with Crippen molar-refractivity contribution in [2.75, 3.05) is 11.9 Å². The highest BCUT2D eigenvalue weighted by molar-refractivity contribution is 5.94. The molecule has 0 aliphatic heterocycles. The fourth-order valence-corrected chi connectivity index (χ4v) is 2.50. The summed E-state index contributed by atoms with van der Waals surface area (Å²) in [6.45, 7) is 3.99. The molecular weight excluding hydrogens is 293 g/mol. The lowest BCUT2D eigenvalue weighted by molar-refractivity contribution is 0.0957. The third-order valence-electron chi connectivity index (χ3n) is 3.85. The first kappa shape index (κ1) is 15.2. The number of carbonyl (C=O) groups excluding carboxylic acids is 1. The average molecular weight is 311 g/mol. The zero-order valence-electron chi connectivity index (χ0n) is 12.6. The number of carbonyl (C=O) groups is 1. The van der Waals surface area contributed by atoms with E-state index in [1.807, 2.05) is 12.1 Å². The van der Waals surface area contributed by atoms with E-state index in [1.54, 1.807) is 24.4 Å². The third kappa shape index (κ3) is 3.74. The molecule has 2 aromatic rings. The minimum atomic E-state index is -0.217. The lowest BCUT2D eigenvalue weighted by Crippen LogP contribution is -2.23. The van der Waals surface area contributed by atoms with Gasteiger partial charge in [0, 0.05) is 24.7 Å². The van der Waals surface area contributed by atoms with Gasteiger partial charge in [-0.2, -0.15) is 0 Å². The Kier molecular flexibility index (Phi) is 4.37. The van der Waals surface area contributed by atoms with Crippen LogP contribution in [-0.2, 0) is 0 Å². The van der Waals surface area contributed by atoms with Gasteiger partial charge in [0.25, 0.3) is 5.91 Å². The number of hydrogen-bond donors (Lipinski definition) is 2. The second-order valence-electron chi connectivity index (χ2n) is 5.58. The fourth-order valence-electron chi connectivity index (χ4n) is 2.50. The molecule has 1 saturated carbocycles. The molecule has 0 unspecified atom stereocenters. The molecule has 4 nitrogen and oxygen atoms in total. The molecule has 118 valence electrons. The van der Waals surface area contributed by atoms with Crippen molar-refractivity contribution in [2.24, 2.45) is 0 Å². The Hall–Kier alpha value is -2.69. The lowest BCUT2D eigenvalue weighted by Gasteiger charge is -2.07. The van der Waals surface area contributed by atoms with Gasteiger partial charge in [-0.15, -0.1) is 6.58 Å². The summed E-state index contributed by atoms with van der Waals surface area (Å²) in [4.78, 5) is 16.0. The third-order valence-corrected chi connectivity index (χ3v) is 3.85. The Morgan fingerprint density at radius 3 is 2.74 bits per heavy atom. The number of benzene rings is 1. The van der Waals surface area contributed by atoms with Gasteiger partial charge in [0.1, 0.15) is 11.6 Å². The van der Waals surface area contributed by atoms with Crippen molar-refractivity contribution in [3.8, 4) is 0 Å². The molecule has 1 heterocycles. The maximum Gasteiger partial charge on any atom is 0.253 e. The molecular formula is C18H18FN3O. The van der Waals surface area contributed by atoms with Crippen LogP contribution < -0.4 is 10.6 Å². The van der Waals surface area contributed by atoms with Crippen LogP contribution in [0.25, 0.3) is 0 Å². The van der Waals surface area contributed by atoms with Crippen molar-refractivity contribution in [3.63, 3.8) is 0 Å². The van der Waals surface area contributed by atoms with Gasteiger partial charge in [0.15, 0.2) is 0 Å². The predicted molar refractivity (Wildman–Crippen MR) is 87.9 cm³/mol. The largest absolute Gasteiger partial charge is 0.367 e. The number of hydrogen-bond acceptors (Lipinski definition) is 3. The first-order valence-corrected chi connectivity index (χ1v) is 7.54. The number of halogens is 1. The van der Waals surface area contributed by atoms with Gasteiger partial charge in [-0.05, 0) is 36.2 Å². The quantitative estimate of drug-likeness (QED) is 0.806. The first-order valence-electron chi connectivity index (χ1n) is 7.54. The van der Waals surface area contributed by atoms with E-state index in [2.05, 4.69) is 22.2 Å². The van der Waals surface area contributed by atoms with Crippen LogP contribution in [0, 0.1) is 5.82 Å². The minimum Gasteiger partial charge on any atom is -0.367 e. The summed E-state index contributed by atoms with van der Waals surface area (Å²) in [6, 6.07) is 10.4. The molecule has 1 amide bonds. The number of amides is 1. The van der Waals surface area contributed by atoms with Gasteiger partial charge in [0.2, 0.25) is 0 Å². The number of nitrogens with zero attached hydrogens (tertiary/aromatic N) is 1. The highest BCUT2D eigenvalue weighted by atomic mass is 19.1. The summed E-state index contributed by atoms with van der Waals surface area (Å²) < 4.78 is 12.9. The number of nitrogens with one attached hydrogen (secondary N) is 2. The van der Waals surface area contributed by atoms with Crippen molar-refractivity contribution in [1.29, 1.82) is 0 Å². The Morgan fingerprint density at radius 2 is 2.09 bits per heavy atom. The number of rotatable bonds is 6. The molecule has 1 aromatic carbocycles. The second kappa shape index (κ2) is 6.60. The molecule has 0 bridgehead atoms. The standard InChI is InChI=1S/C18H18FN3O/c1-2-9-20-18(23)13-5-8-17(21-11-13)22-16-10-15(16)12-3-6-14(19)7-4-12/h2-8,11,15-16H,1,9-10H2,(H,20,23)(H,21,22)/t15-,16+/m0/s1. The maximum atomic E-state index is 12.9. The zero-order valence-corrected chi connectivity index (χ0v) is 12.6. The minimum absolute atomic E-state index is 0.167. The van der Waals surface area contributed by atoms with Crippen LogP contribution in [-0.4, -0.2) is 23.5 Å². The molecule has 3 rings (SSSR count). The van der Waals surface area contributed by atoms with Crippen LogP contribution in [0.2, 0.25) is 0 Å². The highest BCUT2D eigenvalue weighted by Gasteiger charge is 2.38. The Balaban J connectivity index is 1.56. The van der Waals surface area contributed by atoms with Gasteiger partial charge in [-0.1, -0.05) is 18.2 Å². The molecule has 5 heteroatoms. The number of pyridine rings is 1. The molecule has 1 aromatic heterocycles. The van der Waals surface area contributed by atoms with Gasteiger partial charge in [-0.25, -0.2) is 9.37 Å². The molecule has 0 radical (unpaired) electrons. The van der Waals surface area contributed by atoms with Crippen LogP contribution in [0.15, 0.2) is 55.3 Å². The normalized spacial score (nSPS) is 19.0. The van der Waals surface area contributed by atoms with E-state index in [9.17, 15) is 9.18 Å². The van der Waals surface area contributed by atoms with Crippen LogP contribution >= 0.6 is 0 Å². The summed E-state index contributed by atoms with van der Waals surface area (Å²) in [5, 5.41) is 6.04. The van der Waals surface area contributed by atoms with Crippen molar-refractivity contribution < 1.29 is 9.18 Å². The van der Waals surface area contributed by atoms with E-state index in [0.717, 1.165) is 17.8 Å². The van der Waals surface area contributed by atoms with E-state index in [4.69, 9.17) is 0 Å². The summed E-state index contributed by atoms with van der Waals surface area (Å²) in [7, 11) is 0. The van der Waals surface area contributed by atoms with E-state index in [0.29, 0.717) is 24.1 Å². The predicted octanol–water partition coefficient (Wildman–Crippen LogP) is 3.10. The molecule has 2 atom stereocenters. The Bertz CT molecular complexity index is 697. The summed E-state index contributed by atoms with van der Waals surface area (Å²) in [6.07, 6.45) is 4.18. The maximum absolute atomic E-state index is 12.9. The van der Waals surface area contributed by atoms with E-state index in [-0.39, 0.29) is 11.7 Å². The number of anilines is 1. The molecule has 1 aliphatic carbocycles.